The van der Waals surface area contributed by atoms with Crippen molar-refractivity contribution in [3.8, 4) is 17.1 Å². The number of nitrogens with zero attached hydrogens (tertiary/aromatic N) is 4. The van der Waals surface area contributed by atoms with E-state index < -0.39 is 23.8 Å². The summed E-state index contributed by atoms with van der Waals surface area (Å²) in [5.74, 6) is 0.0740. The highest BCUT2D eigenvalue weighted by Gasteiger charge is 2.50. The molecule has 236 valence electrons. The number of carbonyl (C=O) groups is 2. The van der Waals surface area contributed by atoms with Crippen LogP contribution in [-0.2, 0) is 4.74 Å². The molecule has 0 spiro atoms. The number of hydrogen-bond acceptors (Lipinski definition) is 8. The van der Waals surface area contributed by atoms with E-state index in [1.807, 2.05) is 30.9 Å². The minimum Gasteiger partial charge on any atom is -0.477 e. The summed E-state index contributed by atoms with van der Waals surface area (Å²) in [5, 5.41) is 6.31. The van der Waals surface area contributed by atoms with Crippen molar-refractivity contribution in [2.75, 3.05) is 44.2 Å². The number of nitrogens with one attached hydrogen (secondary N) is 2. The fourth-order valence-electron chi connectivity index (χ4n) is 5.47. The largest absolute Gasteiger partial charge is 0.477 e. The zero-order valence-corrected chi connectivity index (χ0v) is 25.3. The zero-order chi connectivity index (χ0) is 31.4. The first-order valence-corrected chi connectivity index (χ1v) is 14.7. The Kier molecular flexibility index (Phi) is 10.0. The van der Waals surface area contributed by atoms with Gasteiger partial charge in [0.1, 0.15) is 0 Å². The van der Waals surface area contributed by atoms with Gasteiger partial charge in [-0.3, -0.25) is 4.79 Å². The van der Waals surface area contributed by atoms with E-state index in [0.29, 0.717) is 42.4 Å². The van der Waals surface area contributed by atoms with Crippen LogP contribution in [0.25, 0.3) is 11.3 Å². The van der Waals surface area contributed by atoms with Gasteiger partial charge in [0.2, 0.25) is 12.0 Å². The molecule has 4 heterocycles. The lowest BCUT2D eigenvalue weighted by Gasteiger charge is -2.43. The fraction of sp³-hybridized carbons (Fsp3) is 0.600. The molecule has 0 aliphatic carbocycles. The quantitative estimate of drug-likeness (QED) is 0.447. The Hall–Kier alpha value is -3.61. The summed E-state index contributed by atoms with van der Waals surface area (Å²) in [4.78, 5) is 39.0. The number of halogens is 3. The van der Waals surface area contributed by atoms with Crippen molar-refractivity contribution < 1.29 is 32.2 Å². The van der Waals surface area contributed by atoms with Crippen molar-refractivity contribution in [3.63, 3.8) is 0 Å². The van der Waals surface area contributed by atoms with Gasteiger partial charge in [0.15, 0.2) is 5.69 Å². The summed E-state index contributed by atoms with van der Waals surface area (Å²) < 4.78 is 51.8. The Labute approximate surface area is 250 Å². The maximum atomic E-state index is 13.7. The number of anilines is 1. The van der Waals surface area contributed by atoms with Crippen LogP contribution in [0.15, 0.2) is 30.5 Å². The van der Waals surface area contributed by atoms with E-state index >= 15 is 0 Å². The molecule has 2 aromatic rings. The Morgan fingerprint density at radius 2 is 1.93 bits per heavy atom. The molecule has 43 heavy (non-hydrogen) atoms. The topological polar surface area (TPSA) is 109 Å². The van der Waals surface area contributed by atoms with E-state index in [-0.39, 0.29) is 43.3 Å². The molecule has 4 rings (SSSR count). The van der Waals surface area contributed by atoms with Crippen LogP contribution in [0, 0.1) is 5.41 Å². The second-order valence-corrected chi connectivity index (χ2v) is 11.9. The molecule has 2 amide bonds. The number of alkyl halides is 3. The maximum absolute atomic E-state index is 13.7. The van der Waals surface area contributed by atoms with Crippen LogP contribution >= 0.6 is 0 Å². The Balaban J connectivity index is 1.62. The molecule has 2 aliphatic heterocycles. The molecule has 0 saturated carbocycles. The van der Waals surface area contributed by atoms with E-state index in [2.05, 4.69) is 15.6 Å². The molecule has 10 nitrogen and oxygen atoms in total. The van der Waals surface area contributed by atoms with E-state index in [0.717, 1.165) is 13.0 Å². The van der Waals surface area contributed by atoms with Crippen LogP contribution in [0.2, 0.25) is 0 Å². The number of pyridine rings is 2. The molecule has 2 saturated heterocycles. The maximum Gasteiger partial charge on any atom is 0.426 e. The van der Waals surface area contributed by atoms with Crippen molar-refractivity contribution in [2.45, 2.75) is 71.8 Å². The number of aromatic nitrogens is 2. The molecule has 2 fully saturated rings. The van der Waals surface area contributed by atoms with Gasteiger partial charge < -0.3 is 29.9 Å². The first kappa shape index (κ1) is 32.3. The molecule has 0 bridgehead atoms. The van der Waals surface area contributed by atoms with E-state index in [9.17, 15) is 22.8 Å². The molecule has 2 aliphatic rings. The second kappa shape index (κ2) is 13.4. The summed E-state index contributed by atoms with van der Waals surface area (Å²) in [6, 6.07) is 6.89. The van der Waals surface area contributed by atoms with Gasteiger partial charge in [-0.1, -0.05) is 27.7 Å². The SMILES string of the molecule is CCOc1ncccc1-c1ccc(N2CCN(C(=O)O[C@@H](C(C)(C)C)C(F)(F)F)C[C@H]2CC)c(C(=O)N[C@@H]2CCNC2)n1. The predicted octanol–water partition coefficient (Wildman–Crippen LogP) is 4.65. The second-order valence-electron chi connectivity index (χ2n) is 11.9. The van der Waals surface area contributed by atoms with Gasteiger partial charge in [-0.05, 0) is 50.6 Å². The fourth-order valence-corrected chi connectivity index (χ4v) is 5.47. The third kappa shape index (κ3) is 7.67. The highest BCUT2D eigenvalue weighted by Crippen LogP contribution is 2.37. The van der Waals surface area contributed by atoms with Crippen molar-refractivity contribution in [2.24, 2.45) is 5.41 Å². The van der Waals surface area contributed by atoms with E-state index in [1.165, 1.54) is 25.7 Å². The highest BCUT2D eigenvalue weighted by atomic mass is 19.4. The molecule has 0 unspecified atom stereocenters. The minimum absolute atomic E-state index is 0.0406. The van der Waals surface area contributed by atoms with Crippen LogP contribution in [-0.4, -0.2) is 90.6 Å². The van der Waals surface area contributed by atoms with Gasteiger partial charge in [-0.15, -0.1) is 0 Å². The third-order valence-corrected chi connectivity index (χ3v) is 7.64. The molecule has 0 radical (unpaired) electrons. The molecule has 2 N–H and O–H groups in total. The molecule has 3 atom stereocenters. The van der Waals surface area contributed by atoms with E-state index in [4.69, 9.17) is 14.5 Å². The van der Waals surface area contributed by atoms with Crippen LogP contribution in [0.3, 0.4) is 0 Å². The first-order valence-electron chi connectivity index (χ1n) is 14.7. The molecular weight excluding hydrogens is 565 g/mol. The van der Waals surface area contributed by atoms with Crippen molar-refractivity contribution >= 4 is 17.7 Å². The Morgan fingerprint density at radius 1 is 1.16 bits per heavy atom. The number of carbonyl (C=O) groups excluding carboxylic acids is 2. The van der Waals surface area contributed by atoms with Crippen LogP contribution in [0.1, 0.15) is 57.9 Å². The first-order chi connectivity index (χ1) is 20.3. The van der Waals surface area contributed by atoms with Crippen LogP contribution in [0.4, 0.5) is 23.7 Å². The number of rotatable bonds is 8. The Morgan fingerprint density at radius 3 is 2.56 bits per heavy atom. The summed E-state index contributed by atoms with van der Waals surface area (Å²) in [5.41, 5.74) is 0.642. The van der Waals surface area contributed by atoms with Gasteiger partial charge in [0.25, 0.3) is 5.91 Å². The normalized spacial score (nSPS) is 20.1. The number of hydrogen-bond donors (Lipinski definition) is 2. The summed E-state index contributed by atoms with van der Waals surface area (Å²) in [6.07, 6.45) is -4.95. The Bertz CT molecular complexity index is 1270. The predicted molar refractivity (Wildman–Crippen MR) is 156 cm³/mol. The number of ether oxygens (including phenoxy) is 2. The van der Waals surface area contributed by atoms with E-state index in [1.54, 1.807) is 18.3 Å². The van der Waals surface area contributed by atoms with Gasteiger partial charge in [-0.2, -0.15) is 13.2 Å². The zero-order valence-electron chi connectivity index (χ0n) is 25.3. The smallest absolute Gasteiger partial charge is 0.426 e. The summed E-state index contributed by atoms with van der Waals surface area (Å²) in [7, 11) is 0. The van der Waals surface area contributed by atoms with Gasteiger partial charge in [-0.25, -0.2) is 14.8 Å². The van der Waals surface area contributed by atoms with Gasteiger partial charge in [0, 0.05) is 49.9 Å². The number of piperazine rings is 1. The molecular formula is C30H41F3N6O4. The van der Waals surface area contributed by atoms with Crippen molar-refractivity contribution in [1.82, 2.24) is 25.5 Å². The van der Waals surface area contributed by atoms with Crippen LogP contribution < -0.4 is 20.3 Å². The minimum atomic E-state index is -4.69. The van der Waals surface area contributed by atoms with Crippen molar-refractivity contribution in [3.05, 3.63) is 36.2 Å². The standard InChI is InChI=1S/C30H41F3N6O4/c1-6-20-18-38(28(41)43-27(29(3,4)5)30(31,32)33)15-16-39(20)23-11-10-22(21-9-8-13-35-26(21)42-7-2)37-24(23)25(40)36-19-12-14-34-17-19/h8-11,13,19-20,27,34H,6-7,12,14-18H2,1-5H3,(H,36,40)/t19-,20-,27+/m1/s1. The lowest BCUT2D eigenvalue weighted by atomic mass is 9.88. The summed E-state index contributed by atoms with van der Waals surface area (Å²) >= 11 is 0. The lowest BCUT2D eigenvalue weighted by Crippen LogP contribution is -2.56. The molecule has 13 heteroatoms. The lowest BCUT2D eigenvalue weighted by molar-refractivity contribution is -0.232. The average molecular weight is 607 g/mol. The van der Waals surface area contributed by atoms with Gasteiger partial charge in [0.05, 0.1) is 23.6 Å². The van der Waals surface area contributed by atoms with Gasteiger partial charge >= 0.3 is 12.3 Å². The number of amides is 2. The molecule has 2 aromatic heterocycles. The highest BCUT2D eigenvalue weighted by molar-refractivity contribution is 5.99. The summed E-state index contributed by atoms with van der Waals surface area (Å²) in [6.45, 7) is 10.4. The average Bonchev–Trinajstić information content (AvgIpc) is 3.47. The molecule has 0 aromatic carbocycles. The van der Waals surface area contributed by atoms with Crippen molar-refractivity contribution in [1.29, 1.82) is 0 Å². The van der Waals surface area contributed by atoms with Crippen LogP contribution in [0.5, 0.6) is 5.88 Å². The third-order valence-electron chi connectivity index (χ3n) is 7.64. The monoisotopic (exact) mass is 606 g/mol.